The molecular formula is C18H16N6O2S. The minimum atomic E-state index is -0.318. The van der Waals surface area contributed by atoms with E-state index < -0.39 is 0 Å². The number of rotatable bonds is 2. The number of amides is 1. The van der Waals surface area contributed by atoms with Crippen LogP contribution in [0, 0.1) is 0 Å². The highest BCUT2D eigenvalue weighted by Crippen LogP contribution is 2.26. The molecule has 4 aromatic rings. The Hall–Kier alpha value is -3.07. The number of hydrogen-bond donors (Lipinski definition) is 0. The Morgan fingerprint density at radius 1 is 1.19 bits per heavy atom. The fraction of sp³-hybridized carbons (Fsp3) is 0.278. The first-order chi connectivity index (χ1) is 13.2. The van der Waals surface area contributed by atoms with Crippen LogP contribution in [0.25, 0.3) is 10.6 Å². The average Bonchev–Trinajstić information content (AvgIpc) is 3.35. The number of thiazole rings is 1. The molecule has 0 N–H and O–H groups in total. The lowest BCUT2D eigenvalue weighted by atomic mass is 9.96. The smallest absolute Gasteiger partial charge is 0.271 e. The number of piperidine rings is 1. The Kier molecular flexibility index (Phi) is 3.75. The normalized spacial score (nSPS) is 17.6. The zero-order valence-electron chi connectivity index (χ0n) is 14.4. The average molecular weight is 380 g/mol. The van der Waals surface area contributed by atoms with Gasteiger partial charge in [-0.25, -0.2) is 4.98 Å². The van der Waals surface area contributed by atoms with Crippen LogP contribution >= 0.6 is 11.3 Å². The summed E-state index contributed by atoms with van der Waals surface area (Å²) in [7, 11) is 0. The molecule has 9 heteroatoms. The molecule has 1 unspecified atom stereocenters. The maximum atomic E-state index is 13.0. The maximum Gasteiger partial charge on any atom is 0.271 e. The van der Waals surface area contributed by atoms with E-state index in [1.54, 1.807) is 16.5 Å². The molecule has 1 amide bonds. The predicted molar refractivity (Wildman–Crippen MR) is 100 cm³/mol. The number of fused-ring (bicyclic) bond motifs is 2. The van der Waals surface area contributed by atoms with Crippen LogP contribution in [0.2, 0.25) is 0 Å². The van der Waals surface area contributed by atoms with Gasteiger partial charge in [0.2, 0.25) is 0 Å². The van der Waals surface area contributed by atoms with Crippen molar-refractivity contribution in [3.05, 3.63) is 63.9 Å². The topological polar surface area (TPSA) is 84.9 Å². The number of aromatic nitrogens is 5. The Bertz CT molecular complexity index is 1210. The van der Waals surface area contributed by atoms with Crippen LogP contribution in [0.5, 0.6) is 0 Å². The Morgan fingerprint density at radius 3 is 3.04 bits per heavy atom. The van der Waals surface area contributed by atoms with Gasteiger partial charge < -0.3 is 4.90 Å². The van der Waals surface area contributed by atoms with E-state index in [2.05, 4.69) is 15.2 Å². The summed E-state index contributed by atoms with van der Waals surface area (Å²) in [6.07, 6.45) is 6.76. The molecule has 8 nitrogen and oxygen atoms in total. The third-order valence-electron chi connectivity index (χ3n) is 4.99. The van der Waals surface area contributed by atoms with Crippen molar-refractivity contribution in [2.24, 2.45) is 0 Å². The van der Waals surface area contributed by atoms with Crippen molar-refractivity contribution >= 4 is 27.9 Å². The molecule has 136 valence electrons. The lowest BCUT2D eigenvalue weighted by Gasteiger charge is -2.31. The standard InChI is InChI=1S/C18H16N6O2S/c25-16(13-10-19-18-24(17(13)26)8-9-27-18)22-6-3-4-12(11-22)15-21-20-14-5-1-2-7-23(14)15/h1-2,5,7-10,12H,3-4,6,11H2. The summed E-state index contributed by atoms with van der Waals surface area (Å²) in [5.74, 6) is 0.665. The molecule has 1 saturated heterocycles. The molecule has 4 aromatic heterocycles. The quantitative estimate of drug-likeness (QED) is 0.530. The second kappa shape index (κ2) is 6.27. The Morgan fingerprint density at radius 2 is 2.11 bits per heavy atom. The van der Waals surface area contributed by atoms with Gasteiger partial charge in [-0.15, -0.1) is 21.5 Å². The van der Waals surface area contributed by atoms with Crippen molar-refractivity contribution in [3.63, 3.8) is 0 Å². The molecule has 1 aliphatic rings. The largest absolute Gasteiger partial charge is 0.338 e. The maximum absolute atomic E-state index is 13.0. The van der Waals surface area contributed by atoms with Gasteiger partial charge >= 0.3 is 0 Å². The monoisotopic (exact) mass is 380 g/mol. The summed E-state index contributed by atoms with van der Waals surface area (Å²) in [5, 5.41) is 10.3. The molecule has 27 heavy (non-hydrogen) atoms. The molecule has 0 spiro atoms. The van der Waals surface area contributed by atoms with Crippen molar-refractivity contribution < 1.29 is 4.79 Å². The van der Waals surface area contributed by atoms with Crippen LogP contribution in [0.15, 0.2) is 47.0 Å². The van der Waals surface area contributed by atoms with Crippen LogP contribution < -0.4 is 5.56 Å². The Balaban J connectivity index is 1.46. The minimum Gasteiger partial charge on any atom is -0.338 e. The fourth-order valence-corrected chi connectivity index (χ4v) is 4.33. The van der Waals surface area contributed by atoms with E-state index in [9.17, 15) is 9.59 Å². The molecule has 0 bridgehead atoms. The third-order valence-corrected chi connectivity index (χ3v) is 5.76. The van der Waals surface area contributed by atoms with Crippen LogP contribution in [-0.4, -0.2) is 47.9 Å². The third kappa shape index (κ3) is 2.62. The summed E-state index contributed by atoms with van der Waals surface area (Å²) in [6, 6.07) is 5.77. The second-order valence-corrected chi connectivity index (χ2v) is 7.48. The SMILES string of the molecule is O=C(c1cnc2sccn2c1=O)N1CCCC(c2nnc3ccccn23)C1. The van der Waals surface area contributed by atoms with Gasteiger partial charge in [-0.1, -0.05) is 6.07 Å². The van der Waals surface area contributed by atoms with Gasteiger partial charge in [0.05, 0.1) is 0 Å². The predicted octanol–water partition coefficient (Wildman–Crippen LogP) is 1.82. The first-order valence-corrected chi connectivity index (χ1v) is 9.64. The molecule has 5 heterocycles. The van der Waals surface area contributed by atoms with Gasteiger partial charge in [-0.05, 0) is 25.0 Å². The molecule has 5 rings (SSSR count). The second-order valence-electron chi connectivity index (χ2n) is 6.61. The molecule has 0 aromatic carbocycles. The van der Waals surface area contributed by atoms with Crippen molar-refractivity contribution in [1.29, 1.82) is 0 Å². The number of carbonyl (C=O) groups excluding carboxylic acids is 1. The van der Waals surface area contributed by atoms with Gasteiger partial charge in [0.15, 0.2) is 10.6 Å². The molecule has 0 radical (unpaired) electrons. The number of nitrogens with zero attached hydrogens (tertiary/aromatic N) is 6. The summed E-state index contributed by atoms with van der Waals surface area (Å²) < 4.78 is 3.39. The number of likely N-dealkylation sites (tertiary alicyclic amines) is 1. The highest BCUT2D eigenvalue weighted by Gasteiger charge is 2.29. The lowest BCUT2D eigenvalue weighted by Crippen LogP contribution is -2.42. The molecule has 1 atom stereocenters. The van der Waals surface area contributed by atoms with Crippen LogP contribution in [0.3, 0.4) is 0 Å². The van der Waals surface area contributed by atoms with Crippen LogP contribution in [-0.2, 0) is 0 Å². The van der Waals surface area contributed by atoms with E-state index in [-0.39, 0.29) is 22.9 Å². The number of carbonyl (C=O) groups is 1. The van der Waals surface area contributed by atoms with E-state index in [1.807, 2.05) is 28.8 Å². The molecule has 1 fully saturated rings. The highest BCUT2D eigenvalue weighted by molar-refractivity contribution is 7.15. The van der Waals surface area contributed by atoms with Gasteiger partial charge in [-0.2, -0.15) is 0 Å². The van der Waals surface area contributed by atoms with E-state index in [0.717, 1.165) is 24.3 Å². The zero-order chi connectivity index (χ0) is 18.4. The van der Waals surface area contributed by atoms with Crippen molar-refractivity contribution in [3.8, 4) is 0 Å². The molecule has 0 saturated carbocycles. The van der Waals surface area contributed by atoms with Crippen molar-refractivity contribution in [2.45, 2.75) is 18.8 Å². The van der Waals surface area contributed by atoms with E-state index in [0.29, 0.717) is 18.1 Å². The summed E-state index contributed by atoms with van der Waals surface area (Å²) >= 11 is 1.37. The van der Waals surface area contributed by atoms with Gasteiger partial charge in [-0.3, -0.25) is 18.4 Å². The molecule has 0 aliphatic carbocycles. The van der Waals surface area contributed by atoms with E-state index >= 15 is 0 Å². The number of pyridine rings is 1. The first-order valence-electron chi connectivity index (χ1n) is 8.76. The molecule has 1 aliphatic heterocycles. The minimum absolute atomic E-state index is 0.0840. The van der Waals surface area contributed by atoms with Crippen LogP contribution in [0.4, 0.5) is 0 Å². The van der Waals surface area contributed by atoms with Gasteiger partial charge in [0, 0.05) is 43.0 Å². The van der Waals surface area contributed by atoms with Crippen molar-refractivity contribution in [1.82, 2.24) is 28.9 Å². The number of hydrogen-bond acceptors (Lipinski definition) is 6. The lowest BCUT2D eigenvalue weighted by molar-refractivity contribution is 0.0701. The van der Waals surface area contributed by atoms with Crippen molar-refractivity contribution in [2.75, 3.05) is 13.1 Å². The van der Waals surface area contributed by atoms with E-state index in [1.165, 1.54) is 21.9 Å². The molecular weight excluding hydrogens is 364 g/mol. The highest BCUT2D eigenvalue weighted by atomic mass is 32.1. The van der Waals surface area contributed by atoms with Gasteiger partial charge in [0.1, 0.15) is 11.4 Å². The van der Waals surface area contributed by atoms with Gasteiger partial charge in [0.25, 0.3) is 11.5 Å². The first kappa shape index (κ1) is 16.1. The fourth-order valence-electron chi connectivity index (χ4n) is 3.65. The van der Waals surface area contributed by atoms with Crippen LogP contribution in [0.1, 0.15) is 34.9 Å². The summed E-state index contributed by atoms with van der Waals surface area (Å²) in [5.41, 5.74) is 0.584. The van der Waals surface area contributed by atoms with E-state index in [4.69, 9.17) is 0 Å². The zero-order valence-corrected chi connectivity index (χ0v) is 15.2. The Labute approximate surface area is 157 Å². The summed E-state index contributed by atoms with van der Waals surface area (Å²) in [6.45, 7) is 1.14. The summed E-state index contributed by atoms with van der Waals surface area (Å²) in [4.78, 5) is 32.2.